The van der Waals surface area contributed by atoms with Gasteiger partial charge in [0, 0.05) is 0 Å². The van der Waals surface area contributed by atoms with Gasteiger partial charge in [0.15, 0.2) is 0 Å². The lowest BCUT2D eigenvalue weighted by Crippen LogP contribution is -2.28. The standard InChI is InChI=1S/C23H25N3O/c1-4-15-24-16-21-25-20-14-10-13-19(17(5-2)6-3)22(20)23(27)26(21)18-11-8-7-9-12-18/h5-14,24H,2,4,15-16H2,1,3H3/b17-6+. The predicted molar refractivity (Wildman–Crippen MR) is 113 cm³/mol. The van der Waals surface area contributed by atoms with Gasteiger partial charge in [0.1, 0.15) is 5.82 Å². The zero-order valence-electron chi connectivity index (χ0n) is 15.9. The molecule has 0 saturated carbocycles. The molecule has 138 valence electrons. The van der Waals surface area contributed by atoms with E-state index in [1.54, 1.807) is 10.6 Å². The van der Waals surface area contributed by atoms with Gasteiger partial charge in [0.05, 0.1) is 23.1 Å². The average Bonchev–Trinajstić information content (AvgIpc) is 2.70. The summed E-state index contributed by atoms with van der Waals surface area (Å²) in [5.41, 5.74) is 3.26. The van der Waals surface area contributed by atoms with Crippen LogP contribution in [-0.2, 0) is 6.54 Å². The van der Waals surface area contributed by atoms with Gasteiger partial charge in [-0.2, -0.15) is 0 Å². The van der Waals surface area contributed by atoms with Crippen LogP contribution >= 0.6 is 0 Å². The Morgan fingerprint density at radius 2 is 1.96 bits per heavy atom. The molecular formula is C23H25N3O. The van der Waals surface area contributed by atoms with Gasteiger partial charge in [0.2, 0.25) is 0 Å². The molecule has 0 spiro atoms. The first-order chi connectivity index (χ1) is 13.2. The van der Waals surface area contributed by atoms with E-state index in [1.165, 1.54) is 0 Å². The Bertz CT molecular complexity index is 1030. The largest absolute Gasteiger partial charge is 0.310 e. The summed E-state index contributed by atoms with van der Waals surface area (Å²) in [5, 5.41) is 3.98. The van der Waals surface area contributed by atoms with E-state index in [0.717, 1.165) is 29.8 Å². The Balaban J connectivity index is 2.33. The highest BCUT2D eigenvalue weighted by Crippen LogP contribution is 2.23. The van der Waals surface area contributed by atoms with Crippen molar-refractivity contribution in [3.63, 3.8) is 0 Å². The van der Waals surface area contributed by atoms with Crippen molar-refractivity contribution in [2.24, 2.45) is 0 Å². The van der Waals surface area contributed by atoms with Crippen LogP contribution in [0.1, 0.15) is 31.7 Å². The van der Waals surface area contributed by atoms with E-state index in [0.29, 0.717) is 23.3 Å². The minimum absolute atomic E-state index is 0.0590. The normalized spacial score (nSPS) is 11.7. The topological polar surface area (TPSA) is 46.9 Å². The van der Waals surface area contributed by atoms with Gasteiger partial charge in [-0.1, -0.05) is 56.0 Å². The monoisotopic (exact) mass is 359 g/mol. The number of rotatable bonds is 7. The summed E-state index contributed by atoms with van der Waals surface area (Å²) < 4.78 is 1.71. The molecule has 0 atom stereocenters. The number of para-hydroxylation sites is 1. The molecule has 1 heterocycles. The molecule has 0 amide bonds. The summed E-state index contributed by atoms with van der Waals surface area (Å²) in [7, 11) is 0. The zero-order valence-corrected chi connectivity index (χ0v) is 15.9. The Hall–Kier alpha value is -2.98. The fourth-order valence-corrected chi connectivity index (χ4v) is 3.24. The highest BCUT2D eigenvalue weighted by molar-refractivity contribution is 5.93. The van der Waals surface area contributed by atoms with Crippen LogP contribution in [0.2, 0.25) is 0 Å². The zero-order chi connectivity index (χ0) is 19.2. The van der Waals surface area contributed by atoms with Gasteiger partial charge in [-0.15, -0.1) is 0 Å². The summed E-state index contributed by atoms with van der Waals surface area (Å²) in [6.07, 6.45) is 4.76. The van der Waals surface area contributed by atoms with E-state index in [1.807, 2.05) is 61.5 Å². The fraction of sp³-hybridized carbons (Fsp3) is 0.217. The average molecular weight is 359 g/mol. The van der Waals surface area contributed by atoms with Crippen molar-refractivity contribution in [3.8, 4) is 5.69 Å². The first kappa shape index (κ1) is 18.8. The van der Waals surface area contributed by atoms with Crippen molar-refractivity contribution >= 4 is 16.5 Å². The van der Waals surface area contributed by atoms with Crippen LogP contribution in [0.3, 0.4) is 0 Å². The SMILES string of the molecule is C=C/C(=C\C)c1cccc2nc(CNCCC)n(-c3ccccc3)c(=O)c12. The minimum atomic E-state index is -0.0590. The highest BCUT2D eigenvalue weighted by atomic mass is 16.1. The molecule has 0 bridgehead atoms. The maximum atomic E-state index is 13.6. The molecule has 4 nitrogen and oxygen atoms in total. The quantitative estimate of drug-likeness (QED) is 0.500. The van der Waals surface area contributed by atoms with Crippen molar-refractivity contribution in [1.29, 1.82) is 0 Å². The van der Waals surface area contributed by atoms with Gasteiger partial charge in [-0.25, -0.2) is 4.98 Å². The van der Waals surface area contributed by atoms with Crippen LogP contribution in [-0.4, -0.2) is 16.1 Å². The van der Waals surface area contributed by atoms with Gasteiger partial charge in [-0.3, -0.25) is 9.36 Å². The second-order valence-electron chi connectivity index (χ2n) is 6.33. The molecule has 0 aliphatic heterocycles. The predicted octanol–water partition coefficient (Wildman–Crippen LogP) is 4.47. The molecule has 0 aliphatic carbocycles. The lowest BCUT2D eigenvalue weighted by atomic mass is 10.0. The first-order valence-electron chi connectivity index (χ1n) is 9.31. The summed E-state index contributed by atoms with van der Waals surface area (Å²) in [5.74, 6) is 0.713. The highest BCUT2D eigenvalue weighted by Gasteiger charge is 2.16. The Labute approximate surface area is 159 Å². The molecule has 3 rings (SSSR count). The Kier molecular flexibility index (Phi) is 5.99. The van der Waals surface area contributed by atoms with Crippen LogP contribution in [0.15, 0.2) is 72.1 Å². The molecule has 0 fully saturated rings. The fourth-order valence-electron chi connectivity index (χ4n) is 3.24. The van der Waals surface area contributed by atoms with Gasteiger partial charge >= 0.3 is 0 Å². The van der Waals surface area contributed by atoms with Crippen molar-refractivity contribution < 1.29 is 0 Å². The number of aromatic nitrogens is 2. The summed E-state index contributed by atoms with van der Waals surface area (Å²) >= 11 is 0. The van der Waals surface area contributed by atoms with E-state index in [9.17, 15) is 4.79 Å². The number of nitrogens with zero attached hydrogens (tertiary/aromatic N) is 2. The third-order valence-corrected chi connectivity index (χ3v) is 4.53. The molecule has 3 aromatic rings. The maximum absolute atomic E-state index is 13.6. The van der Waals surface area contributed by atoms with Crippen LogP contribution < -0.4 is 10.9 Å². The lowest BCUT2D eigenvalue weighted by molar-refractivity contribution is 0.634. The maximum Gasteiger partial charge on any atom is 0.266 e. The third kappa shape index (κ3) is 3.76. The number of allylic oxidation sites excluding steroid dienone is 3. The first-order valence-corrected chi connectivity index (χ1v) is 9.31. The molecule has 0 radical (unpaired) electrons. The van der Waals surface area contributed by atoms with Crippen molar-refractivity contribution in [2.45, 2.75) is 26.8 Å². The van der Waals surface area contributed by atoms with Crippen LogP contribution in [0, 0.1) is 0 Å². The van der Waals surface area contributed by atoms with Gasteiger partial charge < -0.3 is 5.32 Å². The number of nitrogens with one attached hydrogen (secondary N) is 1. The van der Waals surface area contributed by atoms with Gasteiger partial charge in [0.25, 0.3) is 5.56 Å². The molecule has 2 aromatic carbocycles. The van der Waals surface area contributed by atoms with E-state index in [2.05, 4.69) is 18.8 Å². The molecule has 1 N–H and O–H groups in total. The molecular weight excluding hydrogens is 334 g/mol. The molecule has 4 heteroatoms. The van der Waals surface area contributed by atoms with Crippen LogP contribution in [0.25, 0.3) is 22.2 Å². The Morgan fingerprint density at radius 3 is 2.63 bits per heavy atom. The van der Waals surface area contributed by atoms with Crippen molar-refractivity contribution in [3.05, 3.63) is 89.0 Å². The number of benzene rings is 2. The van der Waals surface area contributed by atoms with E-state index in [4.69, 9.17) is 4.98 Å². The van der Waals surface area contributed by atoms with Crippen molar-refractivity contribution in [1.82, 2.24) is 14.9 Å². The molecule has 0 unspecified atom stereocenters. The van der Waals surface area contributed by atoms with Crippen LogP contribution in [0.4, 0.5) is 0 Å². The van der Waals surface area contributed by atoms with Gasteiger partial charge in [-0.05, 0) is 49.2 Å². The molecule has 0 aliphatic rings. The second kappa shape index (κ2) is 8.60. The molecule has 27 heavy (non-hydrogen) atoms. The summed E-state index contributed by atoms with van der Waals surface area (Å²) in [4.78, 5) is 18.4. The second-order valence-corrected chi connectivity index (χ2v) is 6.33. The summed E-state index contributed by atoms with van der Waals surface area (Å²) in [6.45, 7) is 9.36. The number of fused-ring (bicyclic) bond motifs is 1. The third-order valence-electron chi connectivity index (χ3n) is 4.53. The number of hydrogen-bond donors (Lipinski definition) is 1. The van der Waals surface area contributed by atoms with E-state index >= 15 is 0 Å². The molecule has 0 saturated heterocycles. The molecule has 1 aromatic heterocycles. The van der Waals surface area contributed by atoms with Crippen molar-refractivity contribution in [2.75, 3.05) is 6.54 Å². The Morgan fingerprint density at radius 1 is 1.19 bits per heavy atom. The summed E-state index contributed by atoms with van der Waals surface area (Å²) in [6, 6.07) is 15.5. The lowest BCUT2D eigenvalue weighted by Gasteiger charge is -2.16. The van der Waals surface area contributed by atoms with E-state index in [-0.39, 0.29) is 5.56 Å². The minimum Gasteiger partial charge on any atom is -0.310 e. The van der Waals surface area contributed by atoms with Crippen LogP contribution in [0.5, 0.6) is 0 Å². The smallest absolute Gasteiger partial charge is 0.266 e. The van der Waals surface area contributed by atoms with E-state index < -0.39 is 0 Å². The number of hydrogen-bond acceptors (Lipinski definition) is 3.